The molecule has 0 aliphatic carbocycles. The van der Waals surface area contributed by atoms with Gasteiger partial charge in [0, 0.05) is 30.6 Å². The van der Waals surface area contributed by atoms with Crippen LogP contribution in [0.4, 0.5) is 4.39 Å². The summed E-state index contributed by atoms with van der Waals surface area (Å²) in [6, 6.07) is 16.7. The van der Waals surface area contributed by atoms with Crippen LogP contribution >= 0.6 is 0 Å². The Morgan fingerprint density at radius 3 is 2.67 bits per heavy atom. The summed E-state index contributed by atoms with van der Waals surface area (Å²) < 4.78 is 25.5. The highest BCUT2D eigenvalue weighted by molar-refractivity contribution is 5.78. The van der Waals surface area contributed by atoms with Gasteiger partial charge in [-0.05, 0) is 17.2 Å². The van der Waals surface area contributed by atoms with Gasteiger partial charge in [0.2, 0.25) is 0 Å². The third-order valence-corrected chi connectivity index (χ3v) is 5.33. The Morgan fingerprint density at radius 2 is 1.93 bits per heavy atom. The molecule has 156 valence electrons. The van der Waals surface area contributed by atoms with E-state index in [0.29, 0.717) is 37.0 Å². The second kappa shape index (κ2) is 9.09. The first-order chi connectivity index (χ1) is 14.6. The molecule has 0 spiro atoms. The molecule has 2 N–H and O–H groups in total. The molecule has 0 bridgehead atoms. The largest absolute Gasteiger partial charge is 0.378 e. The molecule has 2 heterocycles. The monoisotopic (exact) mass is 408 g/mol. The summed E-state index contributed by atoms with van der Waals surface area (Å²) in [4.78, 5) is 6.38. The summed E-state index contributed by atoms with van der Waals surface area (Å²) in [6.07, 6.45) is 0. The normalized spacial score (nSPS) is 15.9. The molecule has 1 fully saturated rings. The highest BCUT2D eigenvalue weighted by Gasteiger charge is 2.17. The molecular weight excluding hydrogens is 383 g/mol. The van der Waals surface area contributed by atoms with Gasteiger partial charge in [-0.2, -0.15) is 0 Å². The van der Waals surface area contributed by atoms with Gasteiger partial charge >= 0.3 is 0 Å². The predicted molar refractivity (Wildman–Crippen MR) is 114 cm³/mol. The van der Waals surface area contributed by atoms with Crippen molar-refractivity contribution in [2.75, 3.05) is 26.3 Å². The first kappa shape index (κ1) is 20.1. The third kappa shape index (κ3) is 4.52. The van der Waals surface area contributed by atoms with Gasteiger partial charge in [0.05, 0.1) is 18.9 Å². The van der Waals surface area contributed by atoms with Gasteiger partial charge in [-0.15, -0.1) is 0 Å². The minimum absolute atomic E-state index is 0.109. The summed E-state index contributed by atoms with van der Waals surface area (Å²) in [5.74, 6) is 0.733. The number of nitrogens with zero attached hydrogens (tertiary/aromatic N) is 3. The predicted octanol–water partition coefficient (Wildman–Crippen LogP) is 3.78. The van der Waals surface area contributed by atoms with Crippen molar-refractivity contribution in [1.29, 1.82) is 0 Å². The van der Waals surface area contributed by atoms with E-state index in [9.17, 15) is 4.39 Å². The minimum atomic E-state index is -0.253. The number of halogens is 1. The smallest absolute Gasteiger partial charge is 0.191 e. The van der Waals surface area contributed by atoms with Gasteiger partial charge in [-0.25, -0.2) is 9.38 Å². The molecule has 3 aromatic rings. The summed E-state index contributed by atoms with van der Waals surface area (Å²) in [5, 5.41) is 4.15. The molecule has 1 saturated heterocycles. The van der Waals surface area contributed by atoms with Crippen LogP contribution in [0.15, 0.2) is 64.1 Å². The number of hydrogen-bond donors (Lipinski definition) is 1. The van der Waals surface area contributed by atoms with Crippen molar-refractivity contribution in [3.05, 3.63) is 77.4 Å². The fourth-order valence-corrected chi connectivity index (χ4v) is 3.48. The van der Waals surface area contributed by atoms with E-state index in [0.717, 1.165) is 29.9 Å². The van der Waals surface area contributed by atoms with Crippen LogP contribution in [-0.4, -0.2) is 42.3 Å². The molecule has 1 atom stereocenters. The van der Waals surface area contributed by atoms with Crippen molar-refractivity contribution in [3.63, 3.8) is 0 Å². The van der Waals surface area contributed by atoms with Gasteiger partial charge in [-0.1, -0.05) is 54.5 Å². The number of guanidine groups is 1. The zero-order valence-corrected chi connectivity index (χ0v) is 16.9. The van der Waals surface area contributed by atoms with Crippen LogP contribution in [0, 0.1) is 5.82 Å². The zero-order valence-electron chi connectivity index (χ0n) is 16.9. The van der Waals surface area contributed by atoms with Crippen molar-refractivity contribution in [2.45, 2.75) is 19.4 Å². The van der Waals surface area contributed by atoms with Crippen molar-refractivity contribution in [2.24, 2.45) is 10.7 Å². The second-order valence-electron chi connectivity index (χ2n) is 7.32. The maximum Gasteiger partial charge on any atom is 0.191 e. The van der Waals surface area contributed by atoms with E-state index in [1.165, 1.54) is 0 Å². The first-order valence-electron chi connectivity index (χ1n) is 10.0. The fourth-order valence-electron chi connectivity index (χ4n) is 3.48. The first-order valence-corrected chi connectivity index (χ1v) is 10.0. The maximum absolute atomic E-state index is 14.7. The number of aromatic nitrogens is 1. The Balaban J connectivity index is 1.45. The van der Waals surface area contributed by atoms with Crippen LogP contribution in [-0.2, 0) is 11.3 Å². The lowest BCUT2D eigenvalue weighted by Crippen LogP contribution is -2.44. The average Bonchev–Trinajstić information content (AvgIpc) is 3.27. The van der Waals surface area contributed by atoms with Crippen molar-refractivity contribution < 1.29 is 13.7 Å². The molecule has 6 nitrogen and oxygen atoms in total. The molecule has 2 aromatic carbocycles. The van der Waals surface area contributed by atoms with Crippen LogP contribution in [0.1, 0.15) is 29.9 Å². The molecule has 1 aromatic heterocycles. The van der Waals surface area contributed by atoms with Gasteiger partial charge in [0.1, 0.15) is 12.4 Å². The number of ether oxygens (including phenoxy) is 1. The lowest BCUT2D eigenvalue weighted by atomic mass is 9.94. The summed E-state index contributed by atoms with van der Waals surface area (Å²) in [7, 11) is 0. The van der Waals surface area contributed by atoms with E-state index in [1.54, 1.807) is 6.07 Å². The topological polar surface area (TPSA) is 76.9 Å². The molecule has 30 heavy (non-hydrogen) atoms. The summed E-state index contributed by atoms with van der Waals surface area (Å²) >= 11 is 0. The lowest BCUT2D eigenvalue weighted by molar-refractivity contribution is 0.0674. The van der Waals surface area contributed by atoms with E-state index in [2.05, 4.69) is 10.1 Å². The van der Waals surface area contributed by atoms with Gasteiger partial charge in [0.15, 0.2) is 11.7 Å². The Morgan fingerprint density at radius 1 is 1.17 bits per heavy atom. The lowest BCUT2D eigenvalue weighted by Gasteiger charge is -2.27. The highest BCUT2D eigenvalue weighted by atomic mass is 19.1. The number of rotatable bonds is 5. The number of aliphatic imine (C=N–C) groups is 1. The van der Waals surface area contributed by atoms with E-state index >= 15 is 0 Å². The third-order valence-electron chi connectivity index (χ3n) is 5.33. The molecule has 0 amide bonds. The van der Waals surface area contributed by atoms with Gasteiger partial charge < -0.3 is 19.9 Å². The summed E-state index contributed by atoms with van der Waals surface area (Å²) in [5.41, 5.74) is 9.06. The van der Waals surface area contributed by atoms with Crippen molar-refractivity contribution in [3.8, 4) is 11.1 Å². The Hall–Kier alpha value is -3.19. The molecular formula is C23H25FN4O2. The van der Waals surface area contributed by atoms with Crippen molar-refractivity contribution >= 4 is 5.96 Å². The van der Waals surface area contributed by atoms with E-state index < -0.39 is 0 Å². The number of benzene rings is 2. The maximum atomic E-state index is 14.7. The zero-order chi connectivity index (χ0) is 20.9. The van der Waals surface area contributed by atoms with Gasteiger partial charge in [-0.3, -0.25) is 0 Å². The highest BCUT2D eigenvalue weighted by Crippen LogP contribution is 2.29. The van der Waals surface area contributed by atoms with Gasteiger partial charge in [0.25, 0.3) is 0 Å². The Labute approximate surface area is 175 Å². The molecule has 4 rings (SSSR count). The van der Waals surface area contributed by atoms with Crippen LogP contribution in [0.25, 0.3) is 11.1 Å². The van der Waals surface area contributed by atoms with Crippen molar-refractivity contribution in [1.82, 2.24) is 10.1 Å². The quantitative estimate of drug-likeness (QED) is 0.514. The second-order valence-corrected chi connectivity index (χ2v) is 7.32. The standard InChI is InChI=1S/C23H25FN4O2/c1-16(18-7-8-20(21(24)13-18)17-5-3-2-4-6-17)22-14-19(30-27-22)15-26-23(25)28-9-11-29-12-10-28/h2-8,13-14,16H,9-12,15H2,1H3,(H2,25,26). The Kier molecular flexibility index (Phi) is 6.09. The van der Waals surface area contributed by atoms with Crippen LogP contribution in [0.3, 0.4) is 0 Å². The molecule has 0 radical (unpaired) electrons. The van der Waals surface area contributed by atoms with E-state index in [4.69, 9.17) is 15.0 Å². The van der Waals surface area contributed by atoms with E-state index in [1.807, 2.05) is 60.4 Å². The van der Waals surface area contributed by atoms with Crippen LogP contribution < -0.4 is 5.73 Å². The van der Waals surface area contributed by atoms with E-state index in [-0.39, 0.29) is 11.7 Å². The summed E-state index contributed by atoms with van der Waals surface area (Å²) in [6.45, 7) is 5.06. The molecule has 1 unspecified atom stereocenters. The molecule has 1 aliphatic rings. The molecule has 1 aliphatic heterocycles. The van der Waals surface area contributed by atoms with Crippen LogP contribution in [0.2, 0.25) is 0 Å². The number of nitrogens with two attached hydrogens (primary N) is 1. The molecule has 7 heteroatoms. The minimum Gasteiger partial charge on any atom is -0.378 e. The van der Waals surface area contributed by atoms with Crippen LogP contribution in [0.5, 0.6) is 0 Å². The average molecular weight is 408 g/mol. The number of morpholine rings is 1. The molecule has 0 saturated carbocycles. The Bertz CT molecular complexity index is 1010. The number of hydrogen-bond acceptors (Lipinski definition) is 4. The SMILES string of the molecule is CC(c1ccc(-c2ccccc2)c(F)c1)c1cc(C/N=C(\N)N2CCOCC2)on1. The fraction of sp³-hybridized carbons (Fsp3) is 0.304.